The lowest BCUT2D eigenvalue weighted by molar-refractivity contribution is 0.339. The minimum absolute atomic E-state index is 0.481. The molecule has 0 saturated carbocycles. The molecule has 1 aromatic heterocycles. The second-order valence-corrected chi connectivity index (χ2v) is 4.20. The van der Waals surface area contributed by atoms with Crippen molar-refractivity contribution in [2.75, 3.05) is 12.0 Å². The Morgan fingerprint density at radius 3 is 2.35 bits per heavy atom. The van der Waals surface area contributed by atoms with Crippen molar-refractivity contribution >= 4 is 5.82 Å². The maximum atomic E-state index is 5.76. The van der Waals surface area contributed by atoms with Crippen LogP contribution in [0.4, 0.5) is 5.82 Å². The summed E-state index contributed by atoms with van der Waals surface area (Å²) < 4.78 is 11.1. The molecule has 1 aromatic carbocycles. The quantitative estimate of drug-likeness (QED) is 0.644. The molecule has 0 fully saturated rings. The number of benzene rings is 1. The highest BCUT2D eigenvalue weighted by atomic mass is 16.5. The Morgan fingerprint density at radius 2 is 1.75 bits per heavy atom. The van der Waals surface area contributed by atoms with Gasteiger partial charge in [0.1, 0.15) is 23.1 Å². The van der Waals surface area contributed by atoms with Crippen molar-refractivity contribution in [3.05, 3.63) is 35.7 Å². The Balaban J connectivity index is 2.23. The number of aryl methyl sites for hydroxylation is 1. The first-order valence-electron chi connectivity index (χ1n) is 6.36. The second-order valence-electron chi connectivity index (χ2n) is 4.20. The van der Waals surface area contributed by atoms with E-state index in [1.165, 1.54) is 0 Å². The number of rotatable bonds is 5. The zero-order valence-electron chi connectivity index (χ0n) is 11.8. The monoisotopic (exact) mass is 274 g/mol. The van der Waals surface area contributed by atoms with Crippen LogP contribution in [-0.4, -0.2) is 16.6 Å². The molecule has 0 amide bonds. The number of hydrogen-bond donors (Lipinski definition) is 2. The number of nitrogen functional groups attached to an aromatic ring is 1. The number of nitrogens with zero attached hydrogens (tertiary/aromatic N) is 2. The average molecular weight is 274 g/mol. The predicted molar refractivity (Wildman–Crippen MR) is 77.0 cm³/mol. The van der Waals surface area contributed by atoms with Gasteiger partial charge in [0, 0.05) is 0 Å². The van der Waals surface area contributed by atoms with Crippen LogP contribution in [0.3, 0.4) is 0 Å². The van der Waals surface area contributed by atoms with Crippen molar-refractivity contribution < 1.29 is 9.47 Å². The molecule has 3 N–H and O–H groups in total. The number of hydrazine groups is 1. The van der Waals surface area contributed by atoms with Crippen molar-refractivity contribution in [1.82, 2.24) is 9.97 Å². The number of nitrogens with two attached hydrogens (primary N) is 1. The van der Waals surface area contributed by atoms with E-state index in [0.717, 1.165) is 11.3 Å². The van der Waals surface area contributed by atoms with Gasteiger partial charge >= 0.3 is 0 Å². The van der Waals surface area contributed by atoms with Crippen LogP contribution in [0.2, 0.25) is 0 Å². The van der Waals surface area contributed by atoms with Gasteiger partial charge in [-0.3, -0.25) is 0 Å². The average Bonchev–Trinajstić information content (AvgIpc) is 2.45. The molecule has 0 bridgehead atoms. The molecule has 0 aliphatic heterocycles. The number of ether oxygens (including phenoxy) is 2. The van der Waals surface area contributed by atoms with Gasteiger partial charge in [0.2, 0.25) is 5.88 Å². The highest BCUT2D eigenvalue weighted by Crippen LogP contribution is 2.27. The molecule has 0 aliphatic rings. The summed E-state index contributed by atoms with van der Waals surface area (Å²) >= 11 is 0. The van der Waals surface area contributed by atoms with Crippen molar-refractivity contribution in [2.45, 2.75) is 20.8 Å². The molecule has 0 unspecified atom stereocenters. The predicted octanol–water partition coefficient (Wildman–Crippen LogP) is 2.57. The van der Waals surface area contributed by atoms with E-state index in [2.05, 4.69) is 15.4 Å². The first kappa shape index (κ1) is 14.1. The summed E-state index contributed by atoms with van der Waals surface area (Å²) in [4.78, 5) is 8.46. The molecule has 6 nitrogen and oxygen atoms in total. The van der Waals surface area contributed by atoms with E-state index in [9.17, 15) is 0 Å². The number of nitrogens with one attached hydrogen (secondary N) is 1. The molecule has 106 valence electrons. The Morgan fingerprint density at radius 1 is 1.10 bits per heavy atom. The van der Waals surface area contributed by atoms with Gasteiger partial charge in [0.15, 0.2) is 0 Å². The molecular weight excluding hydrogens is 256 g/mol. The molecule has 6 heteroatoms. The lowest BCUT2D eigenvalue weighted by Gasteiger charge is -2.11. The van der Waals surface area contributed by atoms with Crippen LogP contribution in [-0.2, 0) is 0 Å². The molecule has 0 saturated heterocycles. The molecule has 0 radical (unpaired) electrons. The topological polar surface area (TPSA) is 82.3 Å². The minimum atomic E-state index is 0.481. The van der Waals surface area contributed by atoms with E-state index < -0.39 is 0 Å². The highest BCUT2D eigenvalue weighted by Gasteiger charge is 2.10. The second kappa shape index (κ2) is 6.21. The van der Waals surface area contributed by atoms with Crippen molar-refractivity contribution in [1.29, 1.82) is 0 Å². The summed E-state index contributed by atoms with van der Waals surface area (Å²) in [6.45, 7) is 6.21. The van der Waals surface area contributed by atoms with Gasteiger partial charge in [0.05, 0.1) is 12.2 Å². The molecule has 2 aromatic rings. The lowest BCUT2D eigenvalue weighted by Crippen LogP contribution is -2.12. The van der Waals surface area contributed by atoms with Crippen LogP contribution in [0.25, 0.3) is 0 Å². The van der Waals surface area contributed by atoms with E-state index in [0.29, 0.717) is 29.9 Å². The van der Waals surface area contributed by atoms with E-state index in [4.69, 9.17) is 15.3 Å². The lowest BCUT2D eigenvalue weighted by atomic mass is 10.3. The molecule has 1 heterocycles. The zero-order valence-corrected chi connectivity index (χ0v) is 11.8. The number of aromatic nitrogens is 2. The summed E-state index contributed by atoms with van der Waals surface area (Å²) in [6, 6.07) is 7.36. The SMILES string of the molecule is CCOc1ccc(Oc2nc(C)nc(NN)c2C)cc1. The van der Waals surface area contributed by atoms with Gasteiger partial charge in [-0.05, 0) is 45.0 Å². The van der Waals surface area contributed by atoms with E-state index in [1.807, 2.05) is 38.1 Å². The van der Waals surface area contributed by atoms with E-state index in [1.54, 1.807) is 6.92 Å². The highest BCUT2D eigenvalue weighted by molar-refractivity contribution is 5.48. The van der Waals surface area contributed by atoms with Gasteiger partial charge in [-0.1, -0.05) is 0 Å². The Bertz CT molecular complexity index is 584. The first-order valence-corrected chi connectivity index (χ1v) is 6.36. The van der Waals surface area contributed by atoms with Crippen LogP contribution in [0, 0.1) is 13.8 Å². The minimum Gasteiger partial charge on any atom is -0.494 e. The van der Waals surface area contributed by atoms with Gasteiger partial charge in [-0.15, -0.1) is 0 Å². The van der Waals surface area contributed by atoms with E-state index in [-0.39, 0.29) is 0 Å². The van der Waals surface area contributed by atoms with E-state index >= 15 is 0 Å². The molecular formula is C14H18N4O2. The van der Waals surface area contributed by atoms with Crippen molar-refractivity contribution in [2.24, 2.45) is 5.84 Å². The third-order valence-corrected chi connectivity index (χ3v) is 2.70. The van der Waals surface area contributed by atoms with Crippen LogP contribution in [0.15, 0.2) is 24.3 Å². The fourth-order valence-electron chi connectivity index (χ4n) is 1.72. The Kier molecular flexibility index (Phi) is 4.37. The van der Waals surface area contributed by atoms with Crippen LogP contribution in [0.1, 0.15) is 18.3 Å². The fraction of sp³-hybridized carbons (Fsp3) is 0.286. The fourth-order valence-corrected chi connectivity index (χ4v) is 1.72. The van der Waals surface area contributed by atoms with Gasteiger partial charge in [-0.2, -0.15) is 4.98 Å². The van der Waals surface area contributed by atoms with Gasteiger partial charge in [0.25, 0.3) is 0 Å². The smallest absolute Gasteiger partial charge is 0.227 e. The third kappa shape index (κ3) is 3.16. The van der Waals surface area contributed by atoms with Gasteiger partial charge < -0.3 is 14.9 Å². The summed E-state index contributed by atoms with van der Waals surface area (Å²) in [6.07, 6.45) is 0. The largest absolute Gasteiger partial charge is 0.494 e. The van der Waals surface area contributed by atoms with Crippen LogP contribution in [0.5, 0.6) is 17.4 Å². The van der Waals surface area contributed by atoms with Crippen LogP contribution >= 0.6 is 0 Å². The molecule has 0 atom stereocenters. The zero-order chi connectivity index (χ0) is 14.5. The Hall–Kier alpha value is -2.34. The standard InChI is InChI=1S/C14H18N4O2/c1-4-19-11-5-7-12(8-6-11)20-14-9(2)13(18-15)16-10(3)17-14/h5-8H,4,15H2,1-3H3,(H,16,17,18). The number of hydrogen-bond acceptors (Lipinski definition) is 6. The number of anilines is 1. The Labute approximate surface area is 117 Å². The first-order chi connectivity index (χ1) is 9.63. The van der Waals surface area contributed by atoms with Crippen LogP contribution < -0.4 is 20.7 Å². The van der Waals surface area contributed by atoms with Crippen molar-refractivity contribution in [3.63, 3.8) is 0 Å². The summed E-state index contributed by atoms with van der Waals surface area (Å²) in [5, 5.41) is 0. The van der Waals surface area contributed by atoms with Crippen molar-refractivity contribution in [3.8, 4) is 17.4 Å². The van der Waals surface area contributed by atoms with Gasteiger partial charge in [-0.25, -0.2) is 10.8 Å². The maximum Gasteiger partial charge on any atom is 0.227 e. The normalized spacial score (nSPS) is 10.2. The summed E-state index contributed by atoms with van der Waals surface area (Å²) in [5.41, 5.74) is 3.29. The molecule has 0 spiro atoms. The molecule has 0 aliphatic carbocycles. The molecule has 2 rings (SSSR count). The summed E-state index contributed by atoms with van der Waals surface area (Å²) in [7, 11) is 0. The molecule has 20 heavy (non-hydrogen) atoms. The maximum absolute atomic E-state index is 5.76. The summed E-state index contributed by atoms with van der Waals surface area (Å²) in [5.74, 6) is 8.53. The third-order valence-electron chi connectivity index (χ3n) is 2.70.